The summed E-state index contributed by atoms with van der Waals surface area (Å²) < 4.78 is 0. The van der Waals surface area contributed by atoms with Crippen molar-refractivity contribution in [1.29, 1.82) is 0 Å². The highest BCUT2D eigenvalue weighted by molar-refractivity contribution is 6.29. The van der Waals surface area contributed by atoms with Crippen LogP contribution in [-0.4, -0.2) is 10.9 Å². The number of anilines is 3. The summed E-state index contributed by atoms with van der Waals surface area (Å²) in [6.45, 7) is 0. The average Bonchev–Trinajstić information content (AvgIpc) is 2.28. The van der Waals surface area contributed by atoms with E-state index in [0.717, 1.165) is 0 Å². The third-order valence-corrected chi connectivity index (χ3v) is 2.49. The van der Waals surface area contributed by atoms with Gasteiger partial charge in [-0.25, -0.2) is 4.98 Å². The average molecular weight is 263 g/mol. The van der Waals surface area contributed by atoms with Gasteiger partial charge in [0, 0.05) is 11.4 Å². The van der Waals surface area contributed by atoms with Crippen molar-refractivity contribution < 1.29 is 4.79 Å². The van der Waals surface area contributed by atoms with Gasteiger partial charge in [0.2, 0.25) is 0 Å². The molecule has 5 nitrogen and oxygen atoms in total. The molecule has 0 radical (unpaired) electrons. The fourth-order valence-electron chi connectivity index (χ4n) is 1.45. The molecule has 0 aliphatic carbocycles. The molecule has 2 aromatic rings. The predicted octanol–water partition coefficient (Wildman–Crippen LogP) is 2.15. The first-order valence-corrected chi connectivity index (χ1v) is 5.53. The summed E-state index contributed by atoms with van der Waals surface area (Å²) in [5, 5.41) is 2.91. The van der Waals surface area contributed by atoms with Gasteiger partial charge in [0.1, 0.15) is 11.0 Å². The smallest absolute Gasteiger partial charge is 0.258 e. The molecule has 0 saturated heterocycles. The Labute approximate surface area is 109 Å². The van der Waals surface area contributed by atoms with Crippen LogP contribution in [0.4, 0.5) is 17.2 Å². The number of nitrogens with two attached hydrogens (primary N) is 2. The Balaban J connectivity index is 2.22. The molecule has 0 fully saturated rings. The number of hydrogen-bond acceptors (Lipinski definition) is 4. The maximum Gasteiger partial charge on any atom is 0.258 e. The van der Waals surface area contributed by atoms with E-state index in [1.807, 2.05) is 0 Å². The number of nitrogens with zero attached hydrogens (tertiary/aromatic N) is 1. The normalized spacial score (nSPS) is 10.1. The highest BCUT2D eigenvalue weighted by Gasteiger charge is 2.10. The van der Waals surface area contributed by atoms with Gasteiger partial charge >= 0.3 is 0 Å². The van der Waals surface area contributed by atoms with Crippen LogP contribution in [0, 0.1) is 0 Å². The second kappa shape index (κ2) is 4.93. The van der Waals surface area contributed by atoms with Gasteiger partial charge in [-0.1, -0.05) is 17.7 Å². The van der Waals surface area contributed by atoms with E-state index in [1.54, 1.807) is 30.3 Å². The quantitative estimate of drug-likeness (QED) is 0.571. The van der Waals surface area contributed by atoms with Gasteiger partial charge in [0.05, 0.1) is 5.56 Å². The molecular weight excluding hydrogens is 252 g/mol. The first kappa shape index (κ1) is 12.2. The number of pyridine rings is 1. The third kappa shape index (κ3) is 2.70. The van der Waals surface area contributed by atoms with Crippen molar-refractivity contribution >= 4 is 34.7 Å². The Morgan fingerprint density at radius 2 is 2.00 bits per heavy atom. The SMILES string of the molecule is Nc1ccc(C(=O)Nc2cccc(Cl)n2)c(N)c1. The molecule has 0 aliphatic heterocycles. The summed E-state index contributed by atoms with van der Waals surface area (Å²) in [5.74, 6) is 0.00555. The minimum absolute atomic E-state index is 0.304. The molecule has 0 saturated carbocycles. The maximum atomic E-state index is 11.9. The van der Waals surface area contributed by atoms with Crippen LogP contribution in [0.25, 0.3) is 0 Å². The number of nitrogens with one attached hydrogen (secondary N) is 1. The molecule has 1 amide bonds. The van der Waals surface area contributed by atoms with Crippen LogP contribution in [0.15, 0.2) is 36.4 Å². The summed E-state index contributed by atoms with van der Waals surface area (Å²) >= 11 is 5.72. The van der Waals surface area contributed by atoms with Crippen LogP contribution < -0.4 is 16.8 Å². The summed E-state index contributed by atoms with van der Waals surface area (Å²) in [7, 11) is 0. The lowest BCUT2D eigenvalue weighted by molar-refractivity contribution is 0.102. The second-order valence-corrected chi connectivity index (χ2v) is 4.03. The number of nitrogen functional groups attached to an aromatic ring is 2. The number of halogens is 1. The number of amides is 1. The number of aromatic nitrogens is 1. The summed E-state index contributed by atoms with van der Waals surface area (Å²) in [6, 6.07) is 9.64. The van der Waals surface area contributed by atoms with Crippen molar-refractivity contribution in [3.8, 4) is 0 Å². The second-order valence-electron chi connectivity index (χ2n) is 3.65. The largest absolute Gasteiger partial charge is 0.399 e. The molecule has 1 aromatic heterocycles. The standard InChI is InChI=1S/C12H11ClN4O/c13-10-2-1-3-11(16-10)17-12(18)8-5-4-7(14)6-9(8)15/h1-6H,14-15H2,(H,16,17,18). The number of rotatable bonds is 2. The zero-order valence-electron chi connectivity index (χ0n) is 9.35. The highest BCUT2D eigenvalue weighted by atomic mass is 35.5. The lowest BCUT2D eigenvalue weighted by Crippen LogP contribution is -2.15. The molecule has 0 bridgehead atoms. The van der Waals surface area contributed by atoms with Crippen LogP contribution in [0.5, 0.6) is 0 Å². The Hall–Kier alpha value is -2.27. The molecular formula is C12H11ClN4O. The first-order valence-electron chi connectivity index (χ1n) is 5.15. The van der Waals surface area contributed by atoms with Gasteiger partial charge in [0.25, 0.3) is 5.91 Å². The van der Waals surface area contributed by atoms with Crippen molar-refractivity contribution in [2.24, 2.45) is 0 Å². The lowest BCUT2D eigenvalue weighted by Gasteiger charge is -2.07. The molecule has 6 heteroatoms. The molecule has 18 heavy (non-hydrogen) atoms. The fraction of sp³-hybridized carbons (Fsp3) is 0. The Morgan fingerprint density at radius 1 is 1.22 bits per heavy atom. The predicted molar refractivity (Wildman–Crippen MR) is 72.5 cm³/mol. The van der Waals surface area contributed by atoms with E-state index in [0.29, 0.717) is 27.9 Å². The van der Waals surface area contributed by atoms with E-state index in [9.17, 15) is 4.79 Å². The zero-order valence-corrected chi connectivity index (χ0v) is 10.1. The molecule has 1 aromatic carbocycles. The van der Waals surface area contributed by atoms with Crippen LogP contribution in [0.1, 0.15) is 10.4 Å². The maximum absolute atomic E-state index is 11.9. The molecule has 5 N–H and O–H groups in total. The fourth-order valence-corrected chi connectivity index (χ4v) is 1.61. The molecule has 1 heterocycles. The van der Waals surface area contributed by atoms with Crippen molar-refractivity contribution in [2.45, 2.75) is 0 Å². The Bertz CT molecular complexity index is 600. The van der Waals surface area contributed by atoms with Crippen LogP contribution >= 0.6 is 11.6 Å². The summed E-state index contributed by atoms with van der Waals surface area (Å²) in [6.07, 6.45) is 0. The van der Waals surface area contributed by atoms with Crippen LogP contribution in [0.3, 0.4) is 0 Å². The van der Waals surface area contributed by atoms with E-state index in [2.05, 4.69) is 10.3 Å². The number of carbonyl (C=O) groups is 1. The van der Waals surface area contributed by atoms with Gasteiger partial charge in [0.15, 0.2) is 0 Å². The lowest BCUT2D eigenvalue weighted by atomic mass is 10.1. The number of benzene rings is 1. The zero-order chi connectivity index (χ0) is 13.1. The molecule has 2 rings (SSSR count). The van der Waals surface area contributed by atoms with Gasteiger partial charge in [-0.2, -0.15) is 0 Å². The van der Waals surface area contributed by atoms with Crippen LogP contribution in [-0.2, 0) is 0 Å². The number of carbonyl (C=O) groups excluding carboxylic acids is 1. The Morgan fingerprint density at radius 3 is 2.67 bits per heavy atom. The van der Waals surface area contributed by atoms with E-state index in [1.165, 1.54) is 6.07 Å². The van der Waals surface area contributed by atoms with E-state index in [4.69, 9.17) is 23.1 Å². The van der Waals surface area contributed by atoms with Gasteiger partial charge in [-0.15, -0.1) is 0 Å². The summed E-state index contributed by atoms with van der Waals surface area (Å²) in [4.78, 5) is 15.9. The monoisotopic (exact) mass is 262 g/mol. The van der Waals surface area contributed by atoms with E-state index < -0.39 is 0 Å². The van der Waals surface area contributed by atoms with Crippen molar-refractivity contribution in [3.05, 3.63) is 47.1 Å². The van der Waals surface area contributed by atoms with E-state index >= 15 is 0 Å². The van der Waals surface area contributed by atoms with Gasteiger partial charge in [-0.3, -0.25) is 4.79 Å². The molecule has 0 unspecified atom stereocenters. The van der Waals surface area contributed by atoms with Crippen LogP contribution in [0.2, 0.25) is 5.15 Å². The summed E-state index contributed by atoms with van der Waals surface area (Å²) in [5.41, 5.74) is 12.4. The number of hydrogen-bond donors (Lipinski definition) is 3. The van der Waals surface area contributed by atoms with Crippen molar-refractivity contribution in [3.63, 3.8) is 0 Å². The topological polar surface area (TPSA) is 94.0 Å². The Kier molecular flexibility index (Phi) is 3.34. The van der Waals surface area contributed by atoms with Crippen molar-refractivity contribution in [2.75, 3.05) is 16.8 Å². The molecule has 92 valence electrons. The third-order valence-electron chi connectivity index (χ3n) is 2.28. The van der Waals surface area contributed by atoms with Gasteiger partial charge in [-0.05, 0) is 30.3 Å². The molecule has 0 spiro atoms. The minimum atomic E-state index is -0.359. The highest BCUT2D eigenvalue weighted by Crippen LogP contribution is 2.17. The first-order chi connectivity index (χ1) is 8.56. The molecule has 0 aliphatic rings. The van der Waals surface area contributed by atoms with Gasteiger partial charge < -0.3 is 16.8 Å². The molecule has 0 atom stereocenters. The van der Waals surface area contributed by atoms with E-state index in [-0.39, 0.29) is 5.91 Å². The minimum Gasteiger partial charge on any atom is -0.399 e. The van der Waals surface area contributed by atoms with Crippen molar-refractivity contribution in [1.82, 2.24) is 4.98 Å².